The fourth-order valence-corrected chi connectivity index (χ4v) is 2.18. The molecule has 3 rings (SSSR count). The van der Waals surface area contributed by atoms with Crippen molar-refractivity contribution in [2.45, 2.75) is 12.5 Å². The quantitative estimate of drug-likeness (QED) is 0.664. The van der Waals surface area contributed by atoms with Crippen LogP contribution in [0.25, 0.3) is 10.9 Å². The molecule has 6 nitrogen and oxygen atoms in total. The summed E-state index contributed by atoms with van der Waals surface area (Å²) >= 11 is 0. The van der Waals surface area contributed by atoms with E-state index in [0.29, 0.717) is 5.52 Å². The zero-order valence-electron chi connectivity index (χ0n) is 10.1. The highest BCUT2D eigenvalue weighted by Crippen LogP contribution is 2.32. The molecule has 3 N–H and O–H groups in total. The van der Waals surface area contributed by atoms with Gasteiger partial charge < -0.3 is 10.4 Å². The number of carbonyl (C=O) groups is 2. The minimum Gasteiger partial charge on any atom is -0.506 e. The minimum absolute atomic E-state index is 0.126. The maximum Gasteiger partial charge on any atom is 0.322 e. The van der Waals surface area contributed by atoms with E-state index >= 15 is 0 Å². The zero-order valence-corrected chi connectivity index (χ0v) is 10.1. The second-order valence-electron chi connectivity index (χ2n) is 4.58. The third-order valence-corrected chi connectivity index (χ3v) is 3.22. The number of aromatic nitrogens is 1. The lowest BCUT2D eigenvalue weighted by Gasteiger charge is -2.21. The molecule has 1 fully saturated rings. The van der Waals surface area contributed by atoms with Crippen molar-refractivity contribution in [1.29, 1.82) is 0 Å². The van der Waals surface area contributed by atoms with Crippen LogP contribution in [0.2, 0.25) is 0 Å². The second kappa shape index (κ2) is 3.68. The number of pyridine rings is 1. The van der Waals surface area contributed by atoms with Crippen molar-refractivity contribution in [2.24, 2.45) is 0 Å². The number of amides is 3. The lowest BCUT2D eigenvalue weighted by atomic mass is 9.96. The third-order valence-electron chi connectivity index (χ3n) is 3.22. The molecule has 96 valence electrons. The van der Waals surface area contributed by atoms with E-state index in [0.717, 1.165) is 5.39 Å². The van der Waals surface area contributed by atoms with Crippen LogP contribution in [-0.2, 0) is 10.3 Å². The Balaban J connectivity index is 2.22. The number of nitrogens with one attached hydrogen (secondary N) is 2. The highest BCUT2D eigenvalue weighted by Gasteiger charge is 2.46. The smallest absolute Gasteiger partial charge is 0.322 e. The first-order valence-corrected chi connectivity index (χ1v) is 5.73. The Morgan fingerprint density at radius 2 is 2.00 bits per heavy atom. The van der Waals surface area contributed by atoms with Gasteiger partial charge in [-0.25, -0.2) is 9.78 Å². The molecule has 0 saturated carbocycles. The predicted molar refractivity (Wildman–Crippen MR) is 67.4 cm³/mol. The molecule has 0 bridgehead atoms. The molecular weight excluding hydrogens is 246 g/mol. The van der Waals surface area contributed by atoms with Crippen LogP contribution in [0, 0.1) is 0 Å². The van der Waals surface area contributed by atoms with E-state index in [-0.39, 0.29) is 11.4 Å². The fraction of sp³-hybridized carbons (Fsp3) is 0.154. The SMILES string of the molecule is CC1(c2nc3ccccc3cc2O)NC(=O)NC1=O. The van der Waals surface area contributed by atoms with Gasteiger partial charge in [0, 0.05) is 5.39 Å². The first-order valence-electron chi connectivity index (χ1n) is 5.73. The fourth-order valence-electron chi connectivity index (χ4n) is 2.18. The average molecular weight is 257 g/mol. The summed E-state index contributed by atoms with van der Waals surface area (Å²) in [4.78, 5) is 27.4. The molecule has 2 heterocycles. The monoisotopic (exact) mass is 257 g/mol. The Labute approximate surface area is 108 Å². The summed E-state index contributed by atoms with van der Waals surface area (Å²) in [5.41, 5.74) is -0.578. The minimum atomic E-state index is -1.36. The van der Waals surface area contributed by atoms with Crippen molar-refractivity contribution in [3.8, 4) is 5.75 Å². The Hall–Kier alpha value is -2.63. The number of fused-ring (bicyclic) bond motifs is 1. The van der Waals surface area contributed by atoms with E-state index in [1.54, 1.807) is 6.07 Å². The third kappa shape index (κ3) is 1.61. The van der Waals surface area contributed by atoms with Crippen molar-refractivity contribution in [3.05, 3.63) is 36.0 Å². The highest BCUT2D eigenvalue weighted by atomic mass is 16.3. The Morgan fingerprint density at radius 3 is 2.68 bits per heavy atom. The van der Waals surface area contributed by atoms with Crippen molar-refractivity contribution >= 4 is 22.8 Å². The molecule has 19 heavy (non-hydrogen) atoms. The lowest BCUT2D eigenvalue weighted by Crippen LogP contribution is -2.41. The number of hydrogen-bond donors (Lipinski definition) is 3. The molecule has 0 spiro atoms. The summed E-state index contributed by atoms with van der Waals surface area (Å²) in [7, 11) is 0. The van der Waals surface area contributed by atoms with Gasteiger partial charge in [0.05, 0.1) is 5.52 Å². The number of para-hydroxylation sites is 1. The molecule has 1 unspecified atom stereocenters. The van der Waals surface area contributed by atoms with Gasteiger partial charge in [0.15, 0.2) is 5.54 Å². The summed E-state index contributed by atoms with van der Waals surface area (Å²) in [6, 6.07) is 8.15. The van der Waals surface area contributed by atoms with Gasteiger partial charge in [0.25, 0.3) is 5.91 Å². The molecule has 1 aromatic carbocycles. The molecule has 6 heteroatoms. The maximum atomic E-state index is 11.8. The summed E-state index contributed by atoms with van der Waals surface area (Å²) < 4.78 is 0. The molecule has 1 aliphatic heterocycles. The van der Waals surface area contributed by atoms with Gasteiger partial charge in [0.2, 0.25) is 0 Å². The standard InChI is InChI=1S/C13H11N3O3/c1-13(11(18)15-12(19)16-13)10-9(17)6-7-4-2-3-5-8(7)14-10/h2-6,17H,1H3,(H2,15,16,18,19). The molecule has 1 aliphatic rings. The zero-order chi connectivity index (χ0) is 13.6. The molecule has 3 amide bonds. The molecule has 1 saturated heterocycles. The number of aromatic hydroxyl groups is 1. The van der Waals surface area contributed by atoms with E-state index in [1.807, 2.05) is 18.2 Å². The Kier molecular flexibility index (Phi) is 2.22. The highest BCUT2D eigenvalue weighted by molar-refractivity contribution is 6.07. The van der Waals surface area contributed by atoms with Crippen LogP contribution in [0.5, 0.6) is 5.75 Å². The van der Waals surface area contributed by atoms with Crippen LogP contribution in [0.15, 0.2) is 30.3 Å². The van der Waals surface area contributed by atoms with E-state index in [2.05, 4.69) is 15.6 Å². The number of benzene rings is 1. The Morgan fingerprint density at radius 1 is 1.26 bits per heavy atom. The molecule has 1 aromatic heterocycles. The van der Waals surface area contributed by atoms with E-state index in [1.165, 1.54) is 13.0 Å². The predicted octanol–water partition coefficient (Wildman–Crippen LogP) is 0.995. The maximum absolute atomic E-state index is 11.8. The van der Waals surface area contributed by atoms with Crippen LogP contribution in [0.4, 0.5) is 4.79 Å². The molecule has 0 aliphatic carbocycles. The molecule has 1 atom stereocenters. The van der Waals surface area contributed by atoms with Crippen LogP contribution in [0.3, 0.4) is 0 Å². The first kappa shape index (κ1) is 11.5. The second-order valence-corrected chi connectivity index (χ2v) is 4.58. The molecule has 0 radical (unpaired) electrons. The summed E-state index contributed by atoms with van der Waals surface area (Å²) in [6.07, 6.45) is 0. The van der Waals surface area contributed by atoms with Crippen molar-refractivity contribution in [2.75, 3.05) is 0 Å². The van der Waals surface area contributed by atoms with Gasteiger partial charge in [-0.3, -0.25) is 10.1 Å². The van der Waals surface area contributed by atoms with E-state index in [4.69, 9.17) is 0 Å². The molecular formula is C13H11N3O3. The molecule has 2 aromatic rings. The number of hydrogen-bond acceptors (Lipinski definition) is 4. The number of carbonyl (C=O) groups excluding carboxylic acids is 2. The normalized spacial score (nSPS) is 22.4. The van der Waals surface area contributed by atoms with Crippen LogP contribution >= 0.6 is 0 Å². The first-order chi connectivity index (χ1) is 9.00. The number of nitrogens with zero attached hydrogens (tertiary/aromatic N) is 1. The van der Waals surface area contributed by atoms with E-state index in [9.17, 15) is 14.7 Å². The topological polar surface area (TPSA) is 91.3 Å². The van der Waals surface area contributed by atoms with Crippen LogP contribution in [0.1, 0.15) is 12.6 Å². The summed E-state index contributed by atoms with van der Waals surface area (Å²) in [5, 5.41) is 15.4. The number of imide groups is 1. The van der Waals surface area contributed by atoms with Crippen molar-refractivity contribution in [3.63, 3.8) is 0 Å². The van der Waals surface area contributed by atoms with Gasteiger partial charge in [-0.2, -0.15) is 0 Å². The van der Waals surface area contributed by atoms with Gasteiger partial charge in [-0.1, -0.05) is 18.2 Å². The summed E-state index contributed by atoms with van der Waals surface area (Å²) in [6.45, 7) is 1.50. The summed E-state index contributed by atoms with van der Waals surface area (Å²) in [5.74, 6) is -0.658. The number of rotatable bonds is 1. The van der Waals surface area contributed by atoms with Gasteiger partial charge in [-0.15, -0.1) is 0 Å². The Bertz CT molecular complexity index is 713. The van der Waals surface area contributed by atoms with Gasteiger partial charge in [0.1, 0.15) is 11.4 Å². The van der Waals surface area contributed by atoms with Crippen LogP contribution in [-0.4, -0.2) is 22.0 Å². The van der Waals surface area contributed by atoms with Gasteiger partial charge in [-0.05, 0) is 19.1 Å². The van der Waals surface area contributed by atoms with Crippen molar-refractivity contribution in [1.82, 2.24) is 15.6 Å². The number of urea groups is 1. The lowest BCUT2D eigenvalue weighted by molar-refractivity contribution is -0.123. The van der Waals surface area contributed by atoms with Gasteiger partial charge >= 0.3 is 6.03 Å². The van der Waals surface area contributed by atoms with Crippen molar-refractivity contribution < 1.29 is 14.7 Å². The average Bonchev–Trinajstić information content (AvgIpc) is 2.62. The van der Waals surface area contributed by atoms with E-state index < -0.39 is 17.5 Å². The largest absolute Gasteiger partial charge is 0.506 e. The van der Waals surface area contributed by atoms with Crippen LogP contribution < -0.4 is 10.6 Å².